The molecule has 1 unspecified atom stereocenters. The van der Waals surface area contributed by atoms with E-state index in [4.69, 9.17) is 0 Å². The maximum atomic E-state index is 13.1. The minimum Gasteiger partial charge on any atom is -0.382 e. The molecule has 0 saturated carbocycles. The number of piperidine rings is 1. The molecule has 0 bridgehead atoms. The molecule has 1 N–H and O–H groups in total. The van der Waals surface area contributed by atoms with Crippen LogP contribution in [-0.2, 0) is 4.74 Å². The van der Waals surface area contributed by atoms with Gasteiger partial charge in [0.1, 0.15) is 0 Å². The molecule has 1 aromatic heterocycles. The van der Waals surface area contributed by atoms with Gasteiger partial charge < -0.3 is 15.0 Å². The third-order valence-corrected chi connectivity index (χ3v) is 4.01. The van der Waals surface area contributed by atoms with Crippen molar-refractivity contribution in [1.29, 1.82) is 0 Å². The van der Waals surface area contributed by atoms with Crippen molar-refractivity contribution in [3.8, 4) is 0 Å². The Labute approximate surface area is 131 Å². The van der Waals surface area contributed by atoms with E-state index in [-0.39, 0.29) is 6.04 Å². The van der Waals surface area contributed by atoms with Crippen molar-refractivity contribution in [2.45, 2.75) is 37.5 Å². The number of likely N-dealkylation sites (tertiary alicyclic amines) is 1. The van der Waals surface area contributed by atoms with Gasteiger partial charge in [0.25, 0.3) is 0 Å². The molecular weight excluding hydrogens is 315 g/mol. The molecule has 1 atom stereocenters. The molecule has 1 aliphatic heterocycles. The monoisotopic (exact) mass is 335 g/mol. The van der Waals surface area contributed by atoms with Crippen LogP contribution in [0.5, 0.6) is 0 Å². The maximum absolute atomic E-state index is 13.1. The van der Waals surface area contributed by atoms with Crippen LogP contribution < -0.4 is 5.32 Å². The van der Waals surface area contributed by atoms with Crippen molar-refractivity contribution in [3.63, 3.8) is 0 Å². The molecule has 0 aromatic carbocycles. The van der Waals surface area contributed by atoms with Crippen molar-refractivity contribution in [2.75, 3.05) is 26.8 Å². The molecule has 2 amide bonds. The molecule has 1 aliphatic rings. The van der Waals surface area contributed by atoms with E-state index in [1.165, 1.54) is 12.0 Å². The lowest BCUT2D eigenvalue weighted by Crippen LogP contribution is -2.62. The highest BCUT2D eigenvalue weighted by molar-refractivity contribution is 5.75. The molecule has 0 spiro atoms. The highest BCUT2D eigenvalue weighted by atomic mass is 19.4. The van der Waals surface area contributed by atoms with Crippen molar-refractivity contribution in [1.82, 2.24) is 25.2 Å². The number of rotatable bonds is 4. The lowest BCUT2D eigenvalue weighted by Gasteiger charge is -2.37. The first kappa shape index (κ1) is 17.5. The van der Waals surface area contributed by atoms with Crippen molar-refractivity contribution >= 4 is 6.03 Å². The Hall–Kier alpha value is -1.84. The molecule has 2 rings (SSSR count). The van der Waals surface area contributed by atoms with Crippen LogP contribution in [-0.4, -0.2) is 64.4 Å². The first-order valence-corrected chi connectivity index (χ1v) is 7.25. The fraction of sp³-hybridized carbons (Fsp3) is 0.769. The van der Waals surface area contributed by atoms with Gasteiger partial charge in [0.2, 0.25) is 0 Å². The predicted molar refractivity (Wildman–Crippen MR) is 74.7 cm³/mol. The lowest BCUT2D eigenvalue weighted by molar-refractivity contribution is -0.200. The second kappa shape index (κ2) is 6.73. The van der Waals surface area contributed by atoms with Crippen LogP contribution in [0.25, 0.3) is 0 Å². The van der Waals surface area contributed by atoms with Crippen LogP contribution in [0, 0.1) is 0 Å². The molecule has 1 saturated heterocycles. The summed E-state index contributed by atoms with van der Waals surface area (Å²) < 4.78 is 45.7. The van der Waals surface area contributed by atoms with E-state index in [1.54, 1.807) is 17.1 Å². The maximum Gasteiger partial charge on any atom is 0.413 e. The molecule has 7 nitrogen and oxygen atoms in total. The number of nitrogens with zero attached hydrogens (tertiary/aromatic N) is 4. The summed E-state index contributed by atoms with van der Waals surface area (Å²) in [7, 11) is 1.17. The van der Waals surface area contributed by atoms with E-state index >= 15 is 0 Å². The summed E-state index contributed by atoms with van der Waals surface area (Å²) >= 11 is 0. The Bertz CT molecular complexity index is 514. The minimum atomic E-state index is -4.60. The number of carbonyl (C=O) groups excluding carboxylic acids is 1. The largest absolute Gasteiger partial charge is 0.413 e. The number of urea groups is 1. The summed E-state index contributed by atoms with van der Waals surface area (Å²) in [6.45, 7) is 0.989. The smallest absolute Gasteiger partial charge is 0.382 e. The quantitative estimate of drug-likeness (QED) is 0.907. The van der Waals surface area contributed by atoms with Crippen molar-refractivity contribution in [2.24, 2.45) is 0 Å². The van der Waals surface area contributed by atoms with Crippen LogP contribution in [0.3, 0.4) is 0 Å². The summed E-state index contributed by atoms with van der Waals surface area (Å²) in [5.41, 5.74) is -2.42. The highest BCUT2D eigenvalue weighted by Crippen LogP contribution is 2.31. The average molecular weight is 335 g/mol. The molecule has 0 radical (unpaired) electrons. The molecule has 2 heterocycles. The normalized spacial score (nSPS) is 19.4. The van der Waals surface area contributed by atoms with Crippen LogP contribution in [0.4, 0.5) is 18.0 Å². The van der Waals surface area contributed by atoms with Gasteiger partial charge >= 0.3 is 12.2 Å². The first-order valence-electron chi connectivity index (χ1n) is 7.25. The third kappa shape index (κ3) is 3.92. The summed E-state index contributed by atoms with van der Waals surface area (Å²) in [5, 5.41) is 9.69. The van der Waals surface area contributed by atoms with E-state index in [2.05, 4.69) is 20.4 Å². The topological polar surface area (TPSA) is 72.3 Å². The SMILES string of the molecule is COCC(C)(NC(=O)N1CCC(n2ccnn2)CC1)C(F)(F)F. The van der Waals surface area contributed by atoms with Gasteiger partial charge in [0.15, 0.2) is 5.54 Å². The van der Waals surface area contributed by atoms with Crippen LogP contribution in [0.1, 0.15) is 25.8 Å². The van der Waals surface area contributed by atoms with Crippen molar-refractivity contribution < 1.29 is 22.7 Å². The fourth-order valence-corrected chi connectivity index (χ4v) is 2.54. The number of methoxy groups -OCH3 is 1. The second-order valence-corrected chi connectivity index (χ2v) is 5.79. The van der Waals surface area contributed by atoms with E-state index in [0.29, 0.717) is 25.9 Å². The van der Waals surface area contributed by atoms with Gasteiger partial charge in [-0.05, 0) is 19.8 Å². The Morgan fingerprint density at radius 3 is 2.52 bits per heavy atom. The van der Waals surface area contributed by atoms with Crippen LogP contribution in [0.2, 0.25) is 0 Å². The zero-order valence-electron chi connectivity index (χ0n) is 13.0. The van der Waals surface area contributed by atoms with E-state index in [1.807, 2.05) is 0 Å². The zero-order chi connectivity index (χ0) is 17.1. The number of carbonyl (C=O) groups is 1. The number of hydrogen-bond acceptors (Lipinski definition) is 4. The van der Waals surface area contributed by atoms with Gasteiger partial charge in [-0.25, -0.2) is 9.48 Å². The molecule has 0 aliphatic carbocycles. The Balaban J connectivity index is 1.94. The van der Waals surface area contributed by atoms with Gasteiger partial charge in [-0.15, -0.1) is 5.10 Å². The van der Waals surface area contributed by atoms with E-state index < -0.39 is 24.4 Å². The summed E-state index contributed by atoms with van der Waals surface area (Å²) in [6.07, 6.45) is -0.0659. The summed E-state index contributed by atoms with van der Waals surface area (Å²) in [4.78, 5) is 13.5. The first-order chi connectivity index (χ1) is 10.8. The Morgan fingerprint density at radius 1 is 1.39 bits per heavy atom. The van der Waals surface area contributed by atoms with Gasteiger partial charge in [0, 0.05) is 26.4 Å². The zero-order valence-corrected chi connectivity index (χ0v) is 13.0. The number of ether oxygens (including phenoxy) is 1. The lowest BCUT2D eigenvalue weighted by atomic mass is 10.0. The van der Waals surface area contributed by atoms with Gasteiger partial charge in [-0.2, -0.15) is 13.2 Å². The molecule has 1 fully saturated rings. The number of alkyl halides is 3. The second-order valence-electron chi connectivity index (χ2n) is 5.79. The van der Waals surface area contributed by atoms with Gasteiger partial charge in [0.05, 0.1) is 18.8 Å². The minimum absolute atomic E-state index is 0.106. The Morgan fingerprint density at radius 2 is 2.04 bits per heavy atom. The highest BCUT2D eigenvalue weighted by Gasteiger charge is 2.53. The fourth-order valence-electron chi connectivity index (χ4n) is 2.54. The summed E-state index contributed by atoms with van der Waals surface area (Å²) in [5.74, 6) is 0. The molecule has 130 valence electrons. The van der Waals surface area contributed by atoms with Crippen molar-refractivity contribution in [3.05, 3.63) is 12.4 Å². The van der Waals surface area contributed by atoms with Gasteiger partial charge in [-0.3, -0.25) is 0 Å². The van der Waals surface area contributed by atoms with Crippen LogP contribution >= 0.6 is 0 Å². The number of hydrogen-bond donors (Lipinski definition) is 1. The van der Waals surface area contributed by atoms with Crippen LogP contribution in [0.15, 0.2) is 12.4 Å². The molecule has 23 heavy (non-hydrogen) atoms. The number of amides is 2. The average Bonchev–Trinajstić information content (AvgIpc) is 3.00. The predicted octanol–water partition coefficient (Wildman–Crippen LogP) is 1.59. The molecule has 1 aromatic rings. The van der Waals surface area contributed by atoms with Gasteiger partial charge in [-0.1, -0.05) is 5.21 Å². The van der Waals surface area contributed by atoms with E-state index in [9.17, 15) is 18.0 Å². The summed E-state index contributed by atoms with van der Waals surface area (Å²) in [6, 6.07) is -0.631. The standard InChI is InChI=1S/C13H20F3N5O2/c1-12(9-23-2,13(14,15)16)18-11(22)20-6-3-10(4-7-20)21-8-5-17-19-21/h5,8,10H,3-4,6-7,9H2,1-2H3,(H,18,22). The Kier molecular flexibility index (Phi) is 5.12. The number of nitrogens with one attached hydrogen (secondary N) is 1. The third-order valence-electron chi connectivity index (χ3n) is 4.01. The molecular formula is C13H20F3N5O2. The van der Waals surface area contributed by atoms with E-state index in [0.717, 1.165) is 6.92 Å². The molecule has 10 heteroatoms. The number of aromatic nitrogens is 3. The number of halogens is 3.